The number of benzene rings is 1. The molecule has 0 bridgehead atoms. The number of carbonyl (C=O) groups excluding carboxylic acids is 2. The van der Waals surface area contributed by atoms with Gasteiger partial charge in [-0.25, -0.2) is 0 Å². The predicted octanol–water partition coefficient (Wildman–Crippen LogP) is 5.45. The number of ether oxygens (including phenoxy) is 2. The molecule has 3 unspecified atom stereocenters. The summed E-state index contributed by atoms with van der Waals surface area (Å²) in [7, 11) is 0. The molecule has 1 aliphatic carbocycles. The molecule has 1 fully saturated rings. The standard InChI is InChI=1S/C21H24Cl2O4/c1-21(2,3)10-19(24)27-13-5-7-15-18(9-13)26-11-16(20(15)25)14-6-4-12(22)8-17(14)23/h4,6,8,11,13,15,18H,5,7,9-10H2,1-3H3. The molecule has 0 spiro atoms. The van der Waals surface area contributed by atoms with Gasteiger partial charge in [-0.3, -0.25) is 9.59 Å². The first-order valence-corrected chi connectivity index (χ1v) is 9.94. The van der Waals surface area contributed by atoms with Crippen molar-refractivity contribution >= 4 is 40.5 Å². The Labute approximate surface area is 169 Å². The fourth-order valence-electron chi connectivity index (χ4n) is 3.63. The monoisotopic (exact) mass is 410 g/mol. The van der Waals surface area contributed by atoms with Crippen LogP contribution in [0.1, 0.15) is 52.0 Å². The van der Waals surface area contributed by atoms with Crippen LogP contribution in [0.4, 0.5) is 0 Å². The number of ketones is 1. The van der Waals surface area contributed by atoms with E-state index in [4.69, 9.17) is 32.7 Å². The number of fused-ring (bicyclic) bond motifs is 1. The summed E-state index contributed by atoms with van der Waals surface area (Å²) >= 11 is 12.2. The van der Waals surface area contributed by atoms with Crippen LogP contribution in [0.15, 0.2) is 24.5 Å². The number of halogens is 2. The van der Waals surface area contributed by atoms with E-state index in [2.05, 4.69) is 0 Å². The van der Waals surface area contributed by atoms with E-state index < -0.39 is 0 Å². The summed E-state index contributed by atoms with van der Waals surface area (Å²) in [5, 5.41) is 0.943. The van der Waals surface area contributed by atoms with E-state index in [1.165, 1.54) is 6.26 Å². The van der Waals surface area contributed by atoms with E-state index in [1.807, 2.05) is 20.8 Å². The van der Waals surface area contributed by atoms with Crippen LogP contribution in [-0.2, 0) is 19.1 Å². The van der Waals surface area contributed by atoms with Crippen molar-refractivity contribution in [3.8, 4) is 0 Å². The second-order valence-corrected chi connectivity index (χ2v) is 9.31. The van der Waals surface area contributed by atoms with Gasteiger partial charge in [0.1, 0.15) is 12.2 Å². The van der Waals surface area contributed by atoms with Gasteiger partial charge in [0.2, 0.25) is 0 Å². The van der Waals surface area contributed by atoms with E-state index in [9.17, 15) is 9.59 Å². The number of Topliss-reactive ketones (excluding diaryl/α,β-unsaturated/α-hetero) is 1. The Kier molecular flexibility index (Phi) is 5.87. The molecule has 1 heterocycles. The number of hydrogen-bond donors (Lipinski definition) is 0. The maximum Gasteiger partial charge on any atom is 0.306 e. The molecule has 1 aromatic rings. The van der Waals surface area contributed by atoms with Crippen molar-refractivity contribution in [2.45, 2.75) is 58.7 Å². The minimum atomic E-state index is -0.270. The van der Waals surface area contributed by atoms with E-state index in [1.54, 1.807) is 18.2 Å². The SMILES string of the molecule is CC(C)(C)CC(=O)OC1CCC2C(=O)C(c3ccc(Cl)cc3Cl)=COC2C1. The van der Waals surface area contributed by atoms with Crippen molar-refractivity contribution in [3.63, 3.8) is 0 Å². The first-order chi connectivity index (χ1) is 12.6. The summed E-state index contributed by atoms with van der Waals surface area (Å²) < 4.78 is 11.5. The summed E-state index contributed by atoms with van der Waals surface area (Å²) in [5.74, 6) is -0.415. The van der Waals surface area contributed by atoms with Gasteiger partial charge in [-0.1, -0.05) is 50.0 Å². The van der Waals surface area contributed by atoms with Crippen LogP contribution in [0.3, 0.4) is 0 Å². The van der Waals surface area contributed by atoms with Gasteiger partial charge in [-0.15, -0.1) is 0 Å². The number of hydrogen-bond acceptors (Lipinski definition) is 4. The Balaban J connectivity index is 1.68. The third kappa shape index (κ3) is 4.85. The first kappa shape index (κ1) is 20.2. The summed E-state index contributed by atoms with van der Waals surface area (Å²) in [5.41, 5.74) is 0.991. The van der Waals surface area contributed by atoms with Crippen LogP contribution in [0, 0.1) is 11.3 Å². The summed E-state index contributed by atoms with van der Waals surface area (Å²) in [4.78, 5) is 25.1. The number of allylic oxidation sites excluding steroid dienone is 1. The van der Waals surface area contributed by atoms with Gasteiger partial charge in [0, 0.05) is 17.0 Å². The highest BCUT2D eigenvalue weighted by Gasteiger charge is 2.41. The molecule has 1 aromatic carbocycles. The lowest BCUT2D eigenvalue weighted by atomic mass is 9.78. The van der Waals surface area contributed by atoms with Gasteiger partial charge < -0.3 is 9.47 Å². The van der Waals surface area contributed by atoms with Crippen molar-refractivity contribution in [3.05, 3.63) is 40.1 Å². The Morgan fingerprint density at radius 1 is 1.26 bits per heavy atom. The Morgan fingerprint density at radius 2 is 2.00 bits per heavy atom. The number of esters is 1. The number of rotatable bonds is 3. The number of carbonyl (C=O) groups is 2. The average molecular weight is 411 g/mol. The summed E-state index contributed by atoms with van der Waals surface area (Å²) in [6.07, 6.45) is 3.20. The molecule has 6 heteroatoms. The summed E-state index contributed by atoms with van der Waals surface area (Å²) in [6.45, 7) is 6.01. The molecule has 27 heavy (non-hydrogen) atoms. The molecule has 0 amide bonds. The topological polar surface area (TPSA) is 52.6 Å². The third-order valence-corrected chi connectivity index (χ3v) is 5.45. The van der Waals surface area contributed by atoms with Crippen molar-refractivity contribution in [1.29, 1.82) is 0 Å². The Hall–Kier alpha value is -1.52. The van der Waals surface area contributed by atoms with Crippen LogP contribution in [0.5, 0.6) is 0 Å². The molecule has 3 rings (SSSR count). The highest BCUT2D eigenvalue weighted by atomic mass is 35.5. The van der Waals surface area contributed by atoms with Gasteiger partial charge in [0.05, 0.1) is 29.2 Å². The van der Waals surface area contributed by atoms with Crippen LogP contribution < -0.4 is 0 Å². The molecule has 0 aromatic heterocycles. The Morgan fingerprint density at radius 3 is 2.67 bits per heavy atom. The van der Waals surface area contributed by atoms with Crippen molar-refractivity contribution in [1.82, 2.24) is 0 Å². The lowest BCUT2D eigenvalue weighted by molar-refractivity contribution is -0.156. The van der Waals surface area contributed by atoms with Gasteiger partial charge in [0.25, 0.3) is 0 Å². The lowest BCUT2D eigenvalue weighted by Crippen LogP contribution is -2.42. The van der Waals surface area contributed by atoms with Gasteiger partial charge >= 0.3 is 5.97 Å². The zero-order valence-electron chi connectivity index (χ0n) is 15.8. The molecule has 0 saturated heterocycles. The lowest BCUT2D eigenvalue weighted by Gasteiger charge is -2.37. The molecular formula is C21H24Cl2O4. The van der Waals surface area contributed by atoms with E-state index >= 15 is 0 Å². The summed E-state index contributed by atoms with van der Waals surface area (Å²) in [6, 6.07) is 5.05. The fraction of sp³-hybridized carbons (Fsp3) is 0.524. The zero-order valence-corrected chi connectivity index (χ0v) is 17.3. The molecule has 146 valence electrons. The van der Waals surface area contributed by atoms with Crippen LogP contribution in [0.25, 0.3) is 5.57 Å². The quantitative estimate of drug-likeness (QED) is 0.621. The van der Waals surface area contributed by atoms with E-state index in [0.29, 0.717) is 46.9 Å². The van der Waals surface area contributed by atoms with Crippen LogP contribution in [-0.4, -0.2) is 24.0 Å². The maximum absolute atomic E-state index is 13.0. The van der Waals surface area contributed by atoms with E-state index in [-0.39, 0.29) is 35.3 Å². The molecule has 0 radical (unpaired) electrons. The molecule has 0 N–H and O–H groups in total. The first-order valence-electron chi connectivity index (χ1n) is 9.19. The molecular weight excluding hydrogens is 387 g/mol. The molecule has 1 aliphatic heterocycles. The molecule has 3 atom stereocenters. The van der Waals surface area contributed by atoms with Crippen molar-refractivity contribution in [2.75, 3.05) is 0 Å². The fourth-order valence-corrected chi connectivity index (χ4v) is 4.14. The second kappa shape index (κ2) is 7.84. The third-order valence-electron chi connectivity index (χ3n) is 4.90. The van der Waals surface area contributed by atoms with Gasteiger partial charge in [-0.05, 0) is 30.4 Å². The minimum absolute atomic E-state index is 0.0231. The van der Waals surface area contributed by atoms with Gasteiger partial charge in [-0.2, -0.15) is 0 Å². The predicted molar refractivity (Wildman–Crippen MR) is 106 cm³/mol. The van der Waals surface area contributed by atoms with Crippen molar-refractivity contribution < 1.29 is 19.1 Å². The molecule has 1 saturated carbocycles. The zero-order chi connectivity index (χ0) is 19.8. The van der Waals surface area contributed by atoms with Gasteiger partial charge in [0.15, 0.2) is 5.78 Å². The highest BCUT2D eigenvalue weighted by Crippen LogP contribution is 2.39. The van der Waals surface area contributed by atoms with Crippen LogP contribution >= 0.6 is 23.2 Å². The minimum Gasteiger partial charge on any atom is -0.496 e. The highest BCUT2D eigenvalue weighted by molar-refractivity contribution is 6.37. The van der Waals surface area contributed by atoms with Crippen LogP contribution in [0.2, 0.25) is 10.0 Å². The average Bonchev–Trinajstić information content (AvgIpc) is 2.54. The van der Waals surface area contributed by atoms with E-state index in [0.717, 1.165) is 0 Å². The normalized spacial score (nSPS) is 25.3. The smallest absolute Gasteiger partial charge is 0.306 e. The largest absolute Gasteiger partial charge is 0.496 e. The molecule has 2 aliphatic rings. The maximum atomic E-state index is 13.0. The Bertz CT molecular complexity index is 779. The second-order valence-electron chi connectivity index (χ2n) is 8.46. The van der Waals surface area contributed by atoms with Crippen molar-refractivity contribution in [2.24, 2.45) is 11.3 Å². The molecule has 4 nitrogen and oxygen atoms in total.